The standard InChI is InChI=1S/C12H15Cl2N3O2/c1-2-12(11(18)19)3-5-17(6-4-12)8-7-9(13)15-16-10(8)14/h7H,2-6H2,1H3,(H,18,19). The third-order valence-corrected chi connectivity index (χ3v) is 4.35. The molecule has 1 aliphatic heterocycles. The Hall–Kier alpha value is -1.07. The molecule has 0 aromatic carbocycles. The first-order valence-corrected chi connectivity index (χ1v) is 6.91. The van der Waals surface area contributed by atoms with Crippen LogP contribution >= 0.6 is 23.2 Å². The van der Waals surface area contributed by atoms with E-state index in [2.05, 4.69) is 10.2 Å². The van der Waals surface area contributed by atoms with Gasteiger partial charge in [0, 0.05) is 19.2 Å². The Labute approximate surface area is 121 Å². The Morgan fingerprint density at radius 3 is 2.58 bits per heavy atom. The molecule has 19 heavy (non-hydrogen) atoms. The molecule has 1 fully saturated rings. The van der Waals surface area contributed by atoms with E-state index in [9.17, 15) is 9.90 Å². The maximum atomic E-state index is 11.4. The largest absolute Gasteiger partial charge is 0.481 e. The molecule has 0 aliphatic carbocycles. The number of hydrogen-bond acceptors (Lipinski definition) is 4. The summed E-state index contributed by atoms with van der Waals surface area (Å²) in [6, 6.07) is 1.66. The zero-order valence-electron chi connectivity index (χ0n) is 10.6. The van der Waals surface area contributed by atoms with Gasteiger partial charge in [-0.3, -0.25) is 4.79 Å². The molecule has 5 nitrogen and oxygen atoms in total. The molecule has 2 rings (SSSR count). The van der Waals surface area contributed by atoms with Gasteiger partial charge in [0.2, 0.25) is 0 Å². The molecule has 0 radical (unpaired) electrons. The summed E-state index contributed by atoms with van der Waals surface area (Å²) in [5.41, 5.74) is 0.101. The maximum Gasteiger partial charge on any atom is 0.309 e. The monoisotopic (exact) mass is 303 g/mol. The number of carbonyl (C=O) groups is 1. The number of carboxylic acids is 1. The van der Waals surface area contributed by atoms with Crippen molar-refractivity contribution in [3.8, 4) is 0 Å². The highest BCUT2D eigenvalue weighted by Crippen LogP contribution is 2.38. The number of aromatic nitrogens is 2. The van der Waals surface area contributed by atoms with Crippen molar-refractivity contribution in [2.45, 2.75) is 26.2 Å². The lowest BCUT2D eigenvalue weighted by molar-refractivity contribution is -0.150. The third-order valence-electron chi connectivity index (χ3n) is 3.89. The molecule has 0 spiro atoms. The summed E-state index contributed by atoms with van der Waals surface area (Å²) in [5, 5.41) is 17.4. The SMILES string of the molecule is CCC1(C(=O)O)CCN(c2cc(Cl)nnc2Cl)CC1. The van der Waals surface area contributed by atoms with Gasteiger partial charge in [-0.15, -0.1) is 10.2 Å². The minimum atomic E-state index is -0.716. The summed E-state index contributed by atoms with van der Waals surface area (Å²) in [7, 11) is 0. The summed E-state index contributed by atoms with van der Waals surface area (Å²) < 4.78 is 0. The molecular weight excluding hydrogens is 289 g/mol. The van der Waals surface area contributed by atoms with Crippen LogP contribution in [0.25, 0.3) is 0 Å². The van der Waals surface area contributed by atoms with Crippen molar-refractivity contribution in [3.63, 3.8) is 0 Å². The van der Waals surface area contributed by atoms with Gasteiger partial charge < -0.3 is 10.0 Å². The second-order valence-corrected chi connectivity index (χ2v) is 5.51. The lowest BCUT2D eigenvalue weighted by Gasteiger charge is -2.39. The van der Waals surface area contributed by atoms with Crippen molar-refractivity contribution in [3.05, 3.63) is 16.4 Å². The number of hydrogen-bond donors (Lipinski definition) is 1. The van der Waals surface area contributed by atoms with Gasteiger partial charge in [0.05, 0.1) is 11.1 Å². The number of rotatable bonds is 3. The van der Waals surface area contributed by atoms with E-state index in [1.54, 1.807) is 6.07 Å². The molecule has 7 heteroatoms. The van der Waals surface area contributed by atoms with Crippen molar-refractivity contribution < 1.29 is 9.90 Å². The van der Waals surface area contributed by atoms with E-state index in [-0.39, 0.29) is 5.15 Å². The molecular formula is C12H15Cl2N3O2. The summed E-state index contributed by atoms with van der Waals surface area (Å²) in [5.74, 6) is -0.716. The second-order valence-electron chi connectivity index (χ2n) is 4.77. The van der Waals surface area contributed by atoms with Crippen LogP contribution in [-0.4, -0.2) is 34.4 Å². The first kappa shape index (κ1) is 14.3. The second kappa shape index (κ2) is 5.51. The van der Waals surface area contributed by atoms with Crippen LogP contribution in [0.15, 0.2) is 6.07 Å². The average molecular weight is 304 g/mol. The molecule has 0 unspecified atom stereocenters. The summed E-state index contributed by atoms with van der Waals surface area (Å²) >= 11 is 11.8. The zero-order chi connectivity index (χ0) is 14.0. The smallest absolute Gasteiger partial charge is 0.309 e. The molecule has 0 atom stereocenters. The van der Waals surface area contributed by atoms with E-state index < -0.39 is 11.4 Å². The lowest BCUT2D eigenvalue weighted by Crippen LogP contribution is -2.44. The number of aliphatic carboxylic acids is 1. The van der Waals surface area contributed by atoms with Gasteiger partial charge in [-0.2, -0.15) is 0 Å². The van der Waals surface area contributed by atoms with Crippen LogP contribution in [0.5, 0.6) is 0 Å². The van der Waals surface area contributed by atoms with Gasteiger partial charge >= 0.3 is 5.97 Å². The first-order valence-electron chi connectivity index (χ1n) is 6.15. The van der Waals surface area contributed by atoms with Crippen molar-refractivity contribution in [2.75, 3.05) is 18.0 Å². The van der Waals surface area contributed by atoms with E-state index in [1.165, 1.54) is 0 Å². The van der Waals surface area contributed by atoms with Crippen LogP contribution in [0.4, 0.5) is 5.69 Å². The fourth-order valence-electron chi connectivity index (χ4n) is 2.46. The topological polar surface area (TPSA) is 66.3 Å². The number of halogens is 2. The number of nitrogens with zero attached hydrogens (tertiary/aromatic N) is 3. The Bertz CT molecular complexity index is 488. The quantitative estimate of drug-likeness (QED) is 0.930. The molecule has 1 aromatic rings. The Balaban J connectivity index is 2.16. The minimum absolute atomic E-state index is 0.282. The van der Waals surface area contributed by atoms with E-state index in [0.717, 1.165) is 5.69 Å². The molecule has 0 bridgehead atoms. The van der Waals surface area contributed by atoms with Crippen LogP contribution in [0.2, 0.25) is 10.3 Å². The predicted octanol–water partition coefficient (Wildman–Crippen LogP) is 2.86. The molecule has 1 saturated heterocycles. The molecule has 0 amide bonds. The predicted molar refractivity (Wildman–Crippen MR) is 73.9 cm³/mol. The first-order chi connectivity index (χ1) is 8.98. The van der Waals surface area contributed by atoms with Gasteiger partial charge in [0.25, 0.3) is 0 Å². The van der Waals surface area contributed by atoms with Crippen molar-refractivity contribution >= 4 is 34.9 Å². The van der Waals surface area contributed by atoms with Crippen molar-refractivity contribution in [2.24, 2.45) is 5.41 Å². The Kier molecular flexibility index (Phi) is 4.16. The van der Waals surface area contributed by atoms with Gasteiger partial charge in [-0.1, -0.05) is 30.1 Å². The fourth-order valence-corrected chi connectivity index (χ4v) is 2.81. The van der Waals surface area contributed by atoms with E-state index in [1.807, 2.05) is 11.8 Å². The number of anilines is 1. The highest BCUT2D eigenvalue weighted by molar-refractivity contribution is 6.33. The lowest BCUT2D eigenvalue weighted by atomic mass is 9.76. The van der Waals surface area contributed by atoms with Crippen LogP contribution in [0.1, 0.15) is 26.2 Å². The van der Waals surface area contributed by atoms with Gasteiger partial charge in [0.15, 0.2) is 10.3 Å². The minimum Gasteiger partial charge on any atom is -0.481 e. The van der Waals surface area contributed by atoms with Gasteiger partial charge in [-0.25, -0.2) is 0 Å². The highest BCUT2D eigenvalue weighted by Gasteiger charge is 2.40. The van der Waals surface area contributed by atoms with Crippen molar-refractivity contribution in [1.29, 1.82) is 0 Å². The molecule has 104 valence electrons. The number of carboxylic acid groups (broad SMARTS) is 1. The Morgan fingerprint density at radius 1 is 1.42 bits per heavy atom. The van der Waals surface area contributed by atoms with Crippen LogP contribution in [-0.2, 0) is 4.79 Å². The van der Waals surface area contributed by atoms with Crippen molar-refractivity contribution in [1.82, 2.24) is 10.2 Å². The third kappa shape index (κ3) is 2.77. The summed E-state index contributed by atoms with van der Waals surface area (Å²) in [6.45, 7) is 3.17. The fraction of sp³-hybridized carbons (Fsp3) is 0.583. The molecule has 1 N–H and O–H groups in total. The molecule has 2 heterocycles. The Morgan fingerprint density at radius 2 is 2.05 bits per heavy atom. The highest BCUT2D eigenvalue weighted by atomic mass is 35.5. The van der Waals surface area contributed by atoms with Gasteiger partial charge in [0.1, 0.15) is 0 Å². The maximum absolute atomic E-state index is 11.4. The molecule has 1 aromatic heterocycles. The summed E-state index contributed by atoms with van der Waals surface area (Å²) in [4.78, 5) is 13.4. The van der Waals surface area contributed by atoms with E-state index in [0.29, 0.717) is 37.5 Å². The normalized spacial score (nSPS) is 18.4. The van der Waals surface area contributed by atoms with Crippen LogP contribution in [0.3, 0.4) is 0 Å². The average Bonchev–Trinajstić information content (AvgIpc) is 2.41. The van der Waals surface area contributed by atoms with Gasteiger partial charge in [-0.05, 0) is 19.3 Å². The van der Waals surface area contributed by atoms with Crippen LogP contribution < -0.4 is 4.90 Å². The molecule has 0 saturated carbocycles. The summed E-state index contributed by atoms with van der Waals surface area (Å²) in [6.07, 6.45) is 1.82. The van der Waals surface area contributed by atoms with E-state index >= 15 is 0 Å². The zero-order valence-corrected chi connectivity index (χ0v) is 12.1. The number of piperidine rings is 1. The van der Waals surface area contributed by atoms with E-state index in [4.69, 9.17) is 23.2 Å². The van der Waals surface area contributed by atoms with Crippen LogP contribution in [0, 0.1) is 5.41 Å². The molecule has 1 aliphatic rings.